The standard InChI is InChI=1S/C16H25N3O/c1-3-19-13(10-12(2)17-19)11-18-9-5-7-15(18)14-6-4-8-16(14)20/h10,14-15H,3-9,11H2,1-2H3. The largest absolute Gasteiger partial charge is 0.299 e. The number of likely N-dealkylation sites (tertiary alicyclic amines) is 1. The topological polar surface area (TPSA) is 38.1 Å². The average Bonchev–Trinajstić information content (AvgIpc) is 3.10. The number of carbonyl (C=O) groups is 1. The first-order valence-electron chi connectivity index (χ1n) is 7.99. The maximum atomic E-state index is 12.0. The van der Waals surface area contributed by atoms with E-state index in [0.717, 1.165) is 44.6 Å². The molecule has 1 aromatic heterocycles. The summed E-state index contributed by atoms with van der Waals surface area (Å²) in [5, 5.41) is 4.53. The van der Waals surface area contributed by atoms with Crippen LogP contribution in [-0.4, -0.2) is 33.1 Å². The quantitative estimate of drug-likeness (QED) is 0.847. The first kappa shape index (κ1) is 13.8. The van der Waals surface area contributed by atoms with Gasteiger partial charge >= 0.3 is 0 Å². The Balaban J connectivity index is 1.74. The van der Waals surface area contributed by atoms with Gasteiger partial charge in [-0.15, -0.1) is 0 Å². The lowest BCUT2D eigenvalue weighted by molar-refractivity contribution is -0.122. The number of nitrogens with zero attached hydrogens (tertiary/aromatic N) is 3. The van der Waals surface area contributed by atoms with Gasteiger partial charge in [0.2, 0.25) is 0 Å². The summed E-state index contributed by atoms with van der Waals surface area (Å²) in [5.41, 5.74) is 2.39. The van der Waals surface area contributed by atoms with Crippen molar-refractivity contribution in [2.24, 2.45) is 5.92 Å². The van der Waals surface area contributed by atoms with Crippen LogP contribution in [-0.2, 0) is 17.9 Å². The van der Waals surface area contributed by atoms with Crippen molar-refractivity contribution in [3.63, 3.8) is 0 Å². The Morgan fingerprint density at radius 2 is 2.20 bits per heavy atom. The second kappa shape index (κ2) is 5.68. The highest BCUT2D eigenvalue weighted by Crippen LogP contribution is 2.34. The normalized spacial score (nSPS) is 27.6. The molecule has 0 N–H and O–H groups in total. The van der Waals surface area contributed by atoms with Crippen LogP contribution in [0.5, 0.6) is 0 Å². The predicted molar refractivity (Wildman–Crippen MR) is 78.4 cm³/mol. The van der Waals surface area contributed by atoms with E-state index in [2.05, 4.69) is 34.6 Å². The van der Waals surface area contributed by atoms with Crippen molar-refractivity contribution < 1.29 is 4.79 Å². The number of aryl methyl sites for hydroxylation is 2. The molecule has 0 aromatic carbocycles. The predicted octanol–water partition coefficient (Wildman–Crippen LogP) is 2.55. The summed E-state index contributed by atoms with van der Waals surface area (Å²) >= 11 is 0. The molecule has 2 heterocycles. The maximum absolute atomic E-state index is 12.0. The Labute approximate surface area is 121 Å². The van der Waals surface area contributed by atoms with Crippen molar-refractivity contribution in [1.82, 2.24) is 14.7 Å². The molecule has 20 heavy (non-hydrogen) atoms. The molecule has 0 amide bonds. The van der Waals surface area contributed by atoms with Gasteiger partial charge in [0.1, 0.15) is 5.78 Å². The molecule has 3 rings (SSSR count). The highest BCUT2D eigenvalue weighted by Gasteiger charge is 2.38. The number of hydrogen-bond donors (Lipinski definition) is 0. The van der Waals surface area contributed by atoms with Crippen LogP contribution in [0.1, 0.15) is 50.4 Å². The summed E-state index contributed by atoms with van der Waals surface area (Å²) in [6.45, 7) is 7.19. The lowest BCUT2D eigenvalue weighted by Crippen LogP contribution is -2.37. The highest BCUT2D eigenvalue weighted by atomic mass is 16.1. The molecule has 0 spiro atoms. The molecule has 1 saturated heterocycles. The van der Waals surface area contributed by atoms with Gasteiger partial charge in [0.15, 0.2) is 0 Å². The molecule has 1 aromatic rings. The molecule has 1 saturated carbocycles. The Morgan fingerprint density at radius 1 is 1.35 bits per heavy atom. The van der Waals surface area contributed by atoms with Crippen molar-refractivity contribution in [3.05, 3.63) is 17.5 Å². The zero-order valence-electron chi connectivity index (χ0n) is 12.6. The molecule has 110 valence electrons. The van der Waals surface area contributed by atoms with Crippen LogP contribution < -0.4 is 0 Å². The van der Waals surface area contributed by atoms with Gasteiger partial charge in [0.25, 0.3) is 0 Å². The minimum Gasteiger partial charge on any atom is -0.299 e. The van der Waals surface area contributed by atoms with Crippen LogP contribution >= 0.6 is 0 Å². The minimum absolute atomic E-state index is 0.302. The van der Waals surface area contributed by atoms with E-state index in [1.165, 1.54) is 18.5 Å². The molecule has 2 unspecified atom stereocenters. The van der Waals surface area contributed by atoms with E-state index in [0.29, 0.717) is 17.7 Å². The minimum atomic E-state index is 0.302. The number of Topliss-reactive ketones (excluding diaryl/α,β-unsaturated/α-hetero) is 1. The summed E-state index contributed by atoms with van der Waals surface area (Å²) in [6.07, 6.45) is 5.43. The van der Waals surface area contributed by atoms with Gasteiger partial charge in [0.05, 0.1) is 11.4 Å². The van der Waals surface area contributed by atoms with Crippen molar-refractivity contribution in [2.75, 3.05) is 6.54 Å². The third-order valence-corrected chi connectivity index (χ3v) is 4.88. The van der Waals surface area contributed by atoms with E-state index < -0.39 is 0 Å². The molecule has 2 atom stereocenters. The fraction of sp³-hybridized carbons (Fsp3) is 0.750. The van der Waals surface area contributed by atoms with Crippen molar-refractivity contribution in [1.29, 1.82) is 0 Å². The Bertz CT molecular complexity index is 494. The molecule has 1 aliphatic heterocycles. The van der Waals surface area contributed by atoms with E-state index in [1.54, 1.807) is 0 Å². The Morgan fingerprint density at radius 3 is 2.90 bits per heavy atom. The van der Waals surface area contributed by atoms with Crippen LogP contribution in [0, 0.1) is 12.8 Å². The van der Waals surface area contributed by atoms with Crippen molar-refractivity contribution >= 4 is 5.78 Å². The van der Waals surface area contributed by atoms with Gasteiger partial charge < -0.3 is 0 Å². The third kappa shape index (κ3) is 2.53. The molecule has 4 nitrogen and oxygen atoms in total. The van der Waals surface area contributed by atoms with Crippen molar-refractivity contribution in [2.45, 2.75) is 65.1 Å². The Hall–Kier alpha value is -1.16. The van der Waals surface area contributed by atoms with Crippen LogP contribution in [0.3, 0.4) is 0 Å². The van der Waals surface area contributed by atoms with Crippen LogP contribution in [0.25, 0.3) is 0 Å². The van der Waals surface area contributed by atoms with E-state index in [4.69, 9.17) is 0 Å². The lowest BCUT2D eigenvalue weighted by Gasteiger charge is -2.28. The summed E-state index contributed by atoms with van der Waals surface area (Å²) in [5.74, 6) is 0.804. The zero-order valence-corrected chi connectivity index (χ0v) is 12.6. The van der Waals surface area contributed by atoms with Gasteiger partial charge in [-0.1, -0.05) is 0 Å². The number of carbonyl (C=O) groups excluding carboxylic acids is 1. The van der Waals surface area contributed by atoms with Gasteiger partial charge in [-0.05, 0) is 52.1 Å². The fourth-order valence-corrected chi connectivity index (χ4v) is 3.96. The van der Waals surface area contributed by atoms with Crippen LogP contribution in [0.4, 0.5) is 0 Å². The molecular weight excluding hydrogens is 250 g/mol. The third-order valence-electron chi connectivity index (χ3n) is 4.88. The summed E-state index contributed by atoms with van der Waals surface area (Å²) in [7, 11) is 0. The van der Waals surface area contributed by atoms with Gasteiger partial charge in [0, 0.05) is 31.5 Å². The van der Waals surface area contributed by atoms with E-state index >= 15 is 0 Å². The average molecular weight is 275 g/mol. The lowest BCUT2D eigenvalue weighted by atomic mass is 9.95. The van der Waals surface area contributed by atoms with E-state index in [1.807, 2.05) is 0 Å². The summed E-state index contributed by atoms with van der Waals surface area (Å²) < 4.78 is 2.10. The Kier molecular flexibility index (Phi) is 3.92. The van der Waals surface area contributed by atoms with Gasteiger partial charge in [-0.3, -0.25) is 14.4 Å². The summed E-state index contributed by atoms with van der Waals surface area (Å²) in [4.78, 5) is 14.6. The first-order chi connectivity index (χ1) is 9.69. The number of aromatic nitrogens is 2. The number of rotatable bonds is 4. The van der Waals surface area contributed by atoms with E-state index in [-0.39, 0.29) is 0 Å². The van der Waals surface area contributed by atoms with Crippen molar-refractivity contribution in [3.8, 4) is 0 Å². The molecule has 2 aliphatic rings. The maximum Gasteiger partial charge on any atom is 0.137 e. The smallest absolute Gasteiger partial charge is 0.137 e. The number of ketones is 1. The monoisotopic (exact) mass is 275 g/mol. The van der Waals surface area contributed by atoms with Crippen LogP contribution in [0.2, 0.25) is 0 Å². The number of hydrogen-bond acceptors (Lipinski definition) is 3. The van der Waals surface area contributed by atoms with Gasteiger partial charge in [-0.2, -0.15) is 5.10 Å². The van der Waals surface area contributed by atoms with E-state index in [9.17, 15) is 4.79 Å². The second-order valence-corrected chi connectivity index (χ2v) is 6.24. The molecule has 1 aliphatic carbocycles. The fourth-order valence-electron chi connectivity index (χ4n) is 3.96. The molecule has 0 radical (unpaired) electrons. The first-order valence-corrected chi connectivity index (χ1v) is 7.99. The summed E-state index contributed by atoms with van der Waals surface area (Å²) in [6, 6.07) is 2.67. The van der Waals surface area contributed by atoms with Crippen LogP contribution in [0.15, 0.2) is 6.07 Å². The van der Waals surface area contributed by atoms with Gasteiger partial charge in [-0.25, -0.2) is 0 Å². The SMILES string of the molecule is CCn1nc(C)cc1CN1CCCC1C1CCCC1=O. The molecule has 2 fully saturated rings. The highest BCUT2D eigenvalue weighted by molar-refractivity contribution is 5.83. The zero-order chi connectivity index (χ0) is 14.1. The molecular formula is C16H25N3O. The molecule has 4 heteroatoms. The second-order valence-electron chi connectivity index (χ2n) is 6.24. The molecule has 0 bridgehead atoms.